The summed E-state index contributed by atoms with van der Waals surface area (Å²) >= 11 is 2.34. The van der Waals surface area contributed by atoms with Gasteiger partial charge in [-0.1, -0.05) is 6.07 Å². The Morgan fingerprint density at radius 1 is 1.25 bits per heavy atom. The summed E-state index contributed by atoms with van der Waals surface area (Å²) in [5.74, 6) is 2.23. The minimum atomic E-state index is 0.599. The van der Waals surface area contributed by atoms with Crippen molar-refractivity contribution in [1.82, 2.24) is 15.0 Å². The first kappa shape index (κ1) is 13.7. The summed E-state index contributed by atoms with van der Waals surface area (Å²) in [4.78, 5) is 13.9. The molecule has 0 atom stereocenters. The van der Waals surface area contributed by atoms with Gasteiger partial charge in [0.25, 0.3) is 0 Å². The largest absolute Gasteiger partial charge is 0.372 e. The summed E-state index contributed by atoms with van der Waals surface area (Å²) in [6, 6.07) is 2.12. The lowest BCUT2D eigenvalue weighted by Gasteiger charge is -2.11. The molecule has 1 N–H and O–H groups in total. The fourth-order valence-corrected chi connectivity index (χ4v) is 3.26. The van der Waals surface area contributed by atoms with Crippen LogP contribution in [0.2, 0.25) is 0 Å². The quantitative estimate of drug-likeness (QED) is 0.826. The molecule has 0 radical (unpaired) electrons. The van der Waals surface area contributed by atoms with E-state index in [1.807, 2.05) is 20.2 Å². The van der Waals surface area contributed by atoms with Crippen LogP contribution in [0.1, 0.15) is 35.6 Å². The van der Waals surface area contributed by atoms with Gasteiger partial charge < -0.3 is 5.32 Å². The molecule has 2 aromatic heterocycles. The van der Waals surface area contributed by atoms with Crippen molar-refractivity contribution in [2.24, 2.45) is 0 Å². The molecule has 0 saturated heterocycles. The van der Waals surface area contributed by atoms with Crippen LogP contribution in [-0.4, -0.2) is 22.0 Å². The Morgan fingerprint density at radius 3 is 2.60 bits per heavy atom. The number of hydrogen-bond donors (Lipinski definition) is 1. The van der Waals surface area contributed by atoms with Crippen molar-refractivity contribution < 1.29 is 0 Å². The molecule has 3 rings (SSSR count). The van der Waals surface area contributed by atoms with Crippen molar-refractivity contribution in [3.63, 3.8) is 0 Å². The third-order valence-electron chi connectivity index (χ3n) is 3.50. The molecule has 2 aromatic rings. The molecule has 1 aliphatic carbocycles. The van der Waals surface area contributed by atoms with Gasteiger partial charge >= 0.3 is 0 Å². The molecule has 0 unspecified atom stereocenters. The standard InChI is InChI=1S/C15H17IN4/c1-8-6-9(2)12(18-7-8)15-19-13(10-4-5-10)11(16)14(17-3)20-15/h6-7,10H,4-5H2,1-3H3,(H,17,19,20). The fraction of sp³-hybridized carbons (Fsp3) is 0.400. The lowest BCUT2D eigenvalue weighted by molar-refractivity contribution is 0.970. The topological polar surface area (TPSA) is 50.7 Å². The second-order valence-corrected chi connectivity index (χ2v) is 6.38. The van der Waals surface area contributed by atoms with Crippen molar-refractivity contribution in [3.05, 3.63) is 32.7 Å². The van der Waals surface area contributed by atoms with Crippen LogP contribution < -0.4 is 5.32 Å². The number of aromatic nitrogens is 3. The first-order chi connectivity index (χ1) is 9.60. The Bertz CT molecular complexity index is 665. The molecule has 20 heavy (non-hydrogen) atoms. The predicted octanol–water partition coefficient (Wildman–Crippen LogP) is 3.68. The molecular weight excluding hydrogens is 363 g/mol. The van der Waals surface area contributed by atoms with Crippen LogP contribution in [0.25, 0.3) is 11.5 Å². The first-order valence-electron chi connectivity index (χ1n) is 6.79. The molecule has 0 spiro atoms. The maximum absolute atomic E-state index is 4.78. The highest BCUT2D eigenvalue weighted by Gasteiger charge is 2.29. The van der Waals surface area contributed by atoms with Crippen molar-refractivity contribution >= 4 is 28.4 Å². The number of aryl methyl sites for hydroxylation is 2. The Balaban J connectivity index is 2.15. The molecule has 1 fully saturated rings. The van der Waals surface area contributed by atoms with E-state index in [0.29, 0.717) is 5.92 Å². The van der Waals surface area contributed by atoms with Crippen LogP contribution in [0, 0.1) is 17.4 Å². The summed E-state index contributed by atoms with van der Waals surface area (Å²) < 4.78 is 1.14. The van der Waals surface area contributed by atoms with Gasteiger partial charge in [0, 0.05) is 19.2 Å². The zero-order valence-electron chi connectivity index (χ0n) is 11.9. The fourth-order valence-electron chi connectivity index (χ4n) is 2.31. The number of rotatable bonds is 3. The third-order valence-corrected chi connectivity index (χ3v) is 4.57. The second-order valence-electron chi connectivity index (χ2n) is 5.30. The summed E-state index contributed by atoms with van der Waals surface area (Å²) in [7, 11) is 1.90. The normalized spacial score (nSPS) is 14.4. The van der Waals surface area contributed by atoms with Gasteiger partial charge in [-0.15, -0.1) is 0 Å². The lowest BCUT2D eigenvalue weighted by Crippen LogP contribution is -2.06. The van der Waals surface area contributed by atoms with Gasteiger partial charge in [-0.25, -0.2) is 9.97 Å². The van der Waals surface area contributed by atoms with Crippen molar-refractivity contribution in [1.29, 1.82) is 0 Å². The molecule has 1 aliphatic rings. The van der Waals surface area contributed by atoms with Gasteiger partial charge in [0.2, 0.25) is 0 Å². The number of nitrogens with one attached hydrogen (secondary N) is 1. The second kappa shape index (κ2) is 5.27. The van der Waals surface area contributed by atoms with Gasteiger partial charge in [0.05, 0.1) is 9.26 Å². The molecule has 2 heterocycles. The van der Waals surface area contributed by atoms with Gasteiger partial charge in [-0.05, 0) is 60.4 Å². The molecule has 0 amide bonds. The predicted molar refractivity (Wildman–Crippen MR) is 89.0 cm³/mol. The monoisotopic (exact) mass is 380 g/mol. The molecule has 4 nitrogen and oxygen atoms in total. The van der Waals surface area contributed by atoms with E-state index in [2.05, 4.69) is 50.9 Å². The molecule has 0 aromatic carbocycles. The van der Waals surface area contributed by atoms with Crippen molar-refractivity contribution in [2.75, 3.05) is 12.4 Å². The maximum Gasteiger partial charge on any atom is 0.180 e. The number of nitrogens with zero attached hydrogens (tertiary/aromatic N) is 3. The summed E-state index contributed by atoms with van der Waals surface area (Å²) in [6.45, 7) is 4.11. The van der Waals surface area contributed by atoms with E-state index in [9.17, 15) is 0 Å². The number of anilines is 1. The number of hydrogen-bond acceptors (Lipinski definition) is 4. The molecule has 0 aliphatic heterocycles. The van der Waals surface area contributed by atoms with Crippen LogP contribution in [0.4, 0.5) is 5.82 Å². The summed E-state index contributed by atoms with van der Waals surface area (Å²) in [5.41, 5.74) is 4.33. The van der Waals surface area contributed by atoms with Crippen LogP contribution in [0.5, 0.6) is 0 Å². The average molecular weight is 380 g/mol. The highest BCUT2D eigenvalue weighted by Crippen LogP contribution is 2.42. The molecule has 5 heteroatoms. The smallest absolute Gasteiger partial charge is 0.180 e. The Kier molecular flexibility index (Phi) is 3.62. The third kappa shape index (κ3) is 2.51. The SMILES string of the molecule is CNc1nc(-c2ncc(C)cc2C)nc(C2CC2)c1I. The van der Waals surface area contributed by atoms with E-state index in [1.165, 1.54) is 18.5 Å². The Morgan fingerprint density at radius 2 is 2.00 bits per heavy atom. The van der Waals surface area contributed by atoms with Gasteiger partial charge in [-0.3, -0.25) is 4.98 Å². The van der Waals surface area contributed by atoms with E-state index in [0.717, 1.165) is 32.0 Å². The molecular formula is C15H17IN4. The Labute approximate surface area is 132 Å². The highest BCUT2D eigenvalue weighted by molar-refractivity contribution is 14.1. The van der Waals surface area contributed by atoms with Crippen LogP contribution in [-0.2, 0) is 0 Å². The minimum Gasteiger partial charge on any atom is -0.372 e. The molecule has 104 valence electrons. The van der Waals surface area contributed by atoms with Gasteiger partial charge in [0.1, 0.15) is 11.5 Å². The first-order valence-corrected chi connectivity index (χ1v) is 7.87. The van der Waals surface area contributed by atoms with E-state index in [4.69, 9.17) is 4.98 Å². The van der Waals surface area contributed by atoms with Crippen LogP contribution in [0.3, 0.4) is 0 Å². The lowest BCUT2D eigenvalue weighted by atomic mass is 10.1. The zero-order chi connectivity index (χ0) is 14.3. The average Bonchev–Trinajstić information content (AvgIpc) is 3.24. The van der Waals surface area contributed by atoms with Gasteiger partial charge in [-0.2, -0.15) is 0 Å². The number of halogens is 1. The summed E-state index contributed by atoms with van der Waals surface area (Å²) in [5, 5.41) is 3.17. The number of pyridine rings is 1. The minimum absolute atomic E-state index is 0.599. The zero-order valence-corrected chi connectivity index (χ0v) is 14.0. The molecule has 1 saturated carbocycles. The van der Waals surface area contributed by atoms with E-state index < -0.39 is 0 Å². The van der Waals surface area contributed by atoms with Gasteiger partial charge in [0.15, 0.2) is 5.82 Å². The highest BCUT2D eigenvalue weighted by atomic mass is 127. The van der Waals surface area contributed by atoms with Crippen LogP contribution >= 0.6 is 22.6 Å². The maximum atomic E-state index is 4.78. The Hall–Kier alpha value is -1.24. The van der Waals surface area contributed by atoms with Crippen molar-refractivity contribution in [2.45, 2.75) is 32.6 Å². The summed E-state index contributed by atoms with van der Waals surface area (Å²) in [6.07, 6.45) is 4.34. The van der Waals surface area contributed by atoms with Crippen molar-refractivity contribution in [3.8, 4) is 11.5 Å². The van der Waals surface area contributed by atoms with Crippen LogP contribution in [0.15, 0.2) is 12.3 Å². The van der Waals surface area contributed by atoms with E-state index in [1.54, 1.807) is 0 Å². The molecule has 0 bridgehead atoms. The van der Waals surface area contributed by atoms with E-state index in [-0.39, 0.29) is 0 Å². The van der Waals surface area contributed by atoms with E-state index >= 15 is 0 Å².